The molecule has 0 aromatic heterocycles. The Morgan fingerprint density at radius 3 is 3.21 bits per heavy atom. The fourth-order valence-electron chi connectivity index (χ4n) is 1.69. The first kappa shape index (κ1) is 9.87. The summed E-state index contributed by atoms with van der Waals surface area (Å²) in [5, 5.41) is 0. The molecule has 14 heavy (non-hydrogen) atoms. The molecule has 0 saturated carbocycles. The molecule has 1 unspecified atom stereocenters. The third kappa shape index (κ3) is 1.88. The highest BCUT2D eigenvalue weighted by molar-refractivity contribution is 7.98. The summed E-state index contributed by atoms with van der Waals surface area (Å²) in [5.41, 5.74) is 8.65. The summed E-state index contributed by atoms with van der Waals surface area (Å²) >= 11 is 1.90. The van der Waals surface area contributed by atoms with Gasteiger partial charge in [0.25, 0.3) is 0 Å². The predicted octanol–water partition coefficient (Wildman–Crippen LogP) is 2.33. The summed E-state index contributed by atoms with van der Waals surface area (Å²) in [6.07, 6.45) is 0. The first-order valence-corrected chi connectivity index (χ1v) is 6.05. The van der Waals surface area contributed by atoms with E-state index in [0.29, 0.717) is 6.61 Å². The van der Waals surface area contributed by atoms with Gasteiger partial charge in [-0.05, 0) is 30.2 Å². The molecule has 1 atom stereocenters. The van der Waals surface area contributed by atoms with Crippen molar-refractivity contribution < 1.29 is 4.74 Å². The minimum atomic E-state index is 0.171. The number of thioether (sulfide) groups is 1. The van der Waals surface area contributed by atoms with Gasteiger partial charge < -0.3 is 10.5 Å². The van der Waals surface area contributed by atoms with Gasteiger partial charge in [0, 0.05) is 17.5 Å². The number of hydrogen-bond acceptors (Lipinski definition) is 3. The molecule has 0 amide bonds. The fraction of sp³-hybridized carbons (Fsp3) is 0.455. The maximum Gasteiger partial charge on any atom is 0.119 e. The van der Waals surface area contributed by atoms with E-state index >= 15 is 0 Å². The zero-order valence-electron chi connectivity index (χ0n) is 8.32. The van der Waals surface area contributed by atoms with Crippen molar-refractivity contribution in [3.8, 4) is 5.75 Å². The van der Waals surface area contributed by atoms with Gasteiger partial charge >= 0.3 is 0 Å². The van der Waals surface area contributed by atoms with E-state index in [2.05, 4.69) is 12.1 Å². The molecule has 1 aromatic rings. The molecule has 2 nitrogen and oxygen atoms in total. The van der Waals surface area contributed by atoms with E-state index in [4.69, 9.17) is 10.5 Å². The van der Waals surface area contributed by atoms with Crippen LogP contribution in [0.4, 0.5) is 0 Å². The number of fused-ring (bicyclic) bond motifs is 1. The van der Waals surface area contributed by atoms with E-state index in [9.17, 15) is 0 Å². The quantitative estimate of drug-likeness (QED) is 0.812. The van der Waals surface area contributed by atoms with Gasteiger partial charge in [0.05, 0.1) is 6.61 Å². The monoisotopic (exact) mass is 209 g/mol. The van der Waals surface area contributed by atoms with E-state index in [1.807, 2.05) is 24.8 Å². The third-order valence-corrected chi connectivity index (χ3v) is 3.49. The van der Waals surface area contributed by atoms with Crippen molar-refractivity contribution in [1.29, 1.82) is 0 Å². The van der Waals surface area contributed by atoms with Crippen molar-refractivity contribution in [3.63, 3.8) is 0 Å². The summed E-state index contributed by atoms with van der Waals surface area (Å²) in [6.45, 7) is 2.71. The molecule has 0 saturated heterocycles. The van der Waals surface area contributed by atoms with Gasteiger partial charge in [-0.25, -0.2) is 0 Å². The van der Waals surface area contributed by atoms with Gasteiger partial charge in [-0.15, -0.1) is 0 Å². The molecule has 0 spiro atoms. The van der Waals surface area contributed by atoms with Crippen molar-refractivity contribution in [2.24, 2.45) is 5.73 Å². The van der Waals surface area contributed by atoms with E-state index in [-0.39, 0.29) is 6.04 Å². The number of benzene rings is 1. The second-order valence-corrected chi connectivity index (χ2v) is 4.45. The Balaban J connectivity index is 2.31. The highest BCUT2D eigenvalue weighted by Gasteiger charge is 2.17. The van der Waals surface area contributed by atoms with Crippen LogP contribution in [0, 0.1) is 0 Å². The van der Waals surface area contributed by atoms with E-state index in [1.165, 1.54) is 11.1 Å². The lowest BCUT2D eigenvalue weighted by atomic mass is 10.0. The Kier molecular flexibility index (Phi) is 2.99. The van der Waals surface area contributed by atoms with Crippen molar-refractivity contribution in [2.45, 2.75) is 18.7 Å². The largest absolute Gasteiger partial charge is 0.494 e. The molecule has 0 bridgehead atoms. The zero-order chi connectivity index (χ0) is 9.97. The Morgan fingerprint density at radius 2 is 2.43 bits per heavy atom. The molecule has 1 aliphatic rings. The summed E-state index contributed by atoms with van der Waals surface area (Å²) in [4.78, 5) is 0. The van der Waals surface area contributed by atoms with Crippen LogP contribution in [0.25, 0.3) is 0 Å². The number of rotatable bonds is 2. The normalized spacial score (nSPS) is 20.3. The molecule has 76 valence electrons. The van der Waals surface area contributed by atoms with Gasteiger partial charge in [-0.3, -0.25) is 0 Å². The van der Waals surface area contributed by atoms with Crippen LogP contribution < -0.4 is 10.5 Å². The van der Waals surface area contributed by atoms with E-state index in [0.717, 1.165) is 17.3 Å². The molecule has 1 aromatic carbocycles. The fourth-order valence-corrected chi connectivity index (χ4v) is 2.73. The van der Waals surface area contributed by atoms with Crippen LogP contribution in [-0.2, 0) is 5.75 Å². The van der Waals surface area contributed by atoms with Crippen LogP contribution in [0.15, 0.2) is 18.2 Å². The Morgan fingerprint density at radius 1 is 1.57 bits per heavy atom. The summed E-state index contributed by atoms with van der Waals surface area (Å²) in [6, 6.07) is 6.42. The molecule has 0 fully saturated rings. The molecular formula is C11H15NOS. The Hall–Kier alpha value is -0.670. The Bertz CT molecular complexity index is 327. The van der Waals surface area contributed by atoms with Crippen molar-refractivity contribution in [3.05, 3.63) is 29.3 Å². The second-order valence-electron chi connectivity index (χ2n) is 3.42. The molecule has 0 radical (unpaired) electrons. The van der Waals surface area contributed by atoms with Crippen molar-refractivity contribution >= 4 is 11.8 Å². The molecule has 0 aliphatic carbocycles. The Labute approximate surface area is 88.8 Å². The minimum absolute atomic E-state index is 0.171. The third-order valence-electron chi connectivity index (χ3n) is 2.38. The lowest BCUT2D eigenvalue weighted by Gasteiger charge is -2.22. The van der Waals surface area contributed by atoms with Crippen LogP contribution in [0.3, 0.4) is 0 Å². The molecule has 2 rings (SSSR count). The molecule has 1 aliphatic heterocycles. The van der Waals surface area contributed by atoms with Gasteiger partial charge in [-0.2, -0.15) is 11.8 Å². The summed E-state index contributed by atoms with van der Waals surface area (Å²) in [7, 11) is 0. The van der Waals surface area contributed by atoms with E-state index in [1.54, 1.807) is 0 Å². The summed E-state index contributed by atoms with van der Waals surface area (Å²) in [5.74, 6) is 3.03. The lowest BCUT2D eigenvalue weighted by molar-refractivity contribution is 0.339. The number of ether oxygens (including phenoxy) is 1. The highest BCUT2D eigenvalue weighted by Crippen LogP contribution is 2.32. The highest BCUT2D eigenvalue weighted by atomic mass is 32.2. The van der Waals surface area contributed by atoms with Crippen molar-refractivity contribution in [2.75, 3.05) is 12.4 Å². The van der Waals surface area contributed by atoms with Crippen LogP contribution in [-0.4, -0.2) is 12.4 Å². The van der Waals surface area contributed by atoms with Crippen LogP contribution >= 0.6 is 11.8 Å². The minimum Gasteiger partial charge on any atom is -0.494 e. The van der Waals surface area contributed by atoms with Gasteiger partial charge in [0.1, 0.15) is 5.75 Å². The van der Waals surface area contributed by atoms with Crippen LogP contribution in [0.1, 0.15) is 24.1 Å². The first-order valence-electron chi connectivity index (χ1n) is 4.90. The maximum absolute atomic E-state index is 6.04. The average Bonchev–Trinajstić information content (AvgIpc) is 2.20. The number of hydrogen-bond donors (Lipinski definition) is 1. The average molecular weight is 209 g/mol. The first-order chi connectivity index (χ1) is 6.81. The molecule has 3 heteroatoms. The zero-order valence-corrected chi connectivity index (χ0v) is 9.14. The van der Waals surface area contributed by atoms with Crippen molar-refractivity contribution in [1.82, 2.24) is 0 Å². The standard InChI is InChI=1S/C11H15NOS/c1-2-13-9-4-3-8-6-14-7-11(12)10(8)5-9/h3-5,11H,2,6-7,12H2,1H3. The lowest BCUT2D eigenvalue weighted by Crippen LogP contribution is -2.18. The smallest absolute Gasteiger partial charge is 0.119 e. The number of nitrogens with two attached hydrogens (primary N) is 1. The second kappa shape index (κ2) is 4.24. The van der Waals surface area contributed by atoms with Gasteiger partial charge in [-0.1, -0.05) is 6.07 Å². The van der Waals surface area contributed by atoms with Gasteiger partial charge in [0.2, 0.25) is 0 Å². The van der Waals surface area contributed by atoms with Crippen LogP contribution in [0.2, 0.25) is 0 Å². The topological polar surface area (TPSA) is 35.2 Å². The molecular weight excluding hydrogens is 194 g/mol. The van der Waals surface area contributed by atoms with Gasteiger partial charge in [0.15, 0.2) is 0 Å². The summed E-state index contributed by atoms with van der Waals surface area (Å²) < 4.78 is 5.46. The molecule has 1 heterocycles. The van der Waals surface area contributed by atoms with E-state index < -0.39 is 0 Å². The maximum atomic E-state index is 6.04. The molecule has 2 N–H and O–H groups in total. The SMILES string of the molecule is CCOc1ccc2c(c1)C(N)CSC2. The predicted molar refractivity (Wildman–Crippen MR) is 60.7 cm³/mol. The van der Waals surface area contributed by atoms with Crippen LogP contribution in [0.5, 0.6) is 5.75 Å².